The van der Waals surface area contributed by atoms with E-state index in [1.165, 1.54) is 23.6 Å². The second kappa shape index (κ2) is 6.96. The predicted molar refractivity (Wildman–Crippen MR) is 86.2 cm³/mol. The van der Waals surface area contributed by atoms with Gasteiger partial charge in [0.1, 0.15) is 6.26 Å². The molecule has 1 aliphatic rings. The third-order valence-electron chi connectivity index (χ3n) is 4.51. The number of piperidine rings is 1. The number of ether oxygens (including phenoxy) is 1. The van der Waals surface area contributed by atoms with E-state index in [1.54, 1.807) is 7.11 Å². The van der Waals surface area contributed by atoms with Crippen molar-refractivity contribution >= 4 is 5.91 Å². The van der Waals surface area contributed by atoms with Crippen LogP contribution in [-0.2, 0) is 11.2 Å². The third kappa shape index (κ3) is 3.62. The summed E-state index contributed by atoms with van der Waals surface area (Å²) in [7, 11) is 1.76. The summed E-state index contributed by atoms with van der Waals surface area (Å²) in [6.45, 7) is 3.49. The number of hydrogen-bond donors (Lipinski definition) is 0. The fourth-order valence-electron chi connectivity index (χ4n) is 3.34. The Labute approximate surface area is 136 Å². The number of carbonyl (C=O) groups excluding carboxylic acids is 1. The van der Waals surface area contributed by atoms with E-state index in [0.29, 0.717) is 24.6 Å². The van der Waals surface area contributed by atoms with Crippen LogP contribution in [0, 0.1) is 12.8 Å². The van der Waals surface area contributed by atoms with E-state index < -0.39 is 0 Å². The van der Waals surface area contributed by atoms with E-state index in [4.69, 9.17) is 9.26 Å². The summed E-state index contributed by atoms with van der Waals surface area (Å²) in [5, 5.41) is 3.62. The fraction of sp³-hybridized carbons (Fsp3) is 0.444. The van der Waals surface area contributed by atoms with Crippen molar-refractivity contribution in [3.63, 3.8) is 0 Å². The van der Waals surface area contributed by atoms with Crippen LogP contribution in [0.2, 0.25) is 0 Å². The lowest BCUT2D eigenvalue weighted by molar-refractivity contribution is -0.00301. The zero-order valence-corrected chi connectivity index (χ0v) is 13.6. The van der Waals surface area contributed by atoms with Crippen molar-refractivity contribution < 1.29 is 14.1 Å². The summed E-state index contributed by atoms with van der Waals surface area (Å²) in [6, 6.07) is 8.52. The van der Waals surface area contributed by atoms with E-state index in [2.05, 4.69) is 36.3 Å². The van der Waals surface area contributed by atoms with E-state index in [0.717, 1.165) is 12.8 Å². The summed E-state index contributed by atoms with van der Waals surface area (Å²) >= 11 is 0. The fourth-order valence-corrected chi connectivity index (χ4v) is 3.34. The second-order valence-corrected chi connectivity index (χ2v) is 6.18. The first-order chi connectivity index (χ1) is 11.2. The number of aryl methyl sites for hydroxylation is 1. The van der Waals surface area contributed by atoms with Crippen LogP contribution < -0.4 is 0 Å². The van der Waals surface area contributed by atoms with Crippen LogP contribution in [0.3, 0.4) is 0 Å². The van der Waals surface area contributed by atoms with Gasteiger partial charge in [0.15, 0.2) is 0 Å². The highest BCUT2D eigenvalue weighted by atomic mass is 16.5. The van der Waals surface area contributed by atoms with Gasteiger partial charge in [-0.3, -0.25) is 4.79 Å². The lowest BCUT2D eigenvalue weighted by Crippen LogP contribution is -2.47. The molecule has 2 aromatic rings. The van der Waals surface area contributed by atoms with E-state index in [1.807, 2.05) is 4.90 Å². The monoisotopic (exact) mass is 314 g/mol. The molecule has 0 aliphatic carbocycles. The van der Waals surface area contributed by atoms with Gasteiger partial charge in [-0.25, -0.2) is 0 Å². The molecule has 1 aromatic carbocycles. The van der Waals surface area contributed by atoms with Crippen molar-refractivity contribution in [1.82, 2.24) is 10.1 Å². The Morgan fingerprint density at radius 3 is 3.04 bits per heavy atom. The Balaban J connectivity index is 1.72. The largest absolute Gasteiger partial charge is 0.381 e. The van der Waals surface area contributed by atoms with Crippen molar-refractivity contribution in [3.8, 4) is 0 Å². The molecule has 5 nitrogen and oxygen atoms in total. The van der Waals surface area contributed by atoms with Gasteiger partial charge in [0.2, 0.25) is 0 Å². The first-order valence-electron chi connectivity index (χ1n) is 7.94. The van der Waals surface area contributed by atoms with Gasteiger partial charge in [-0.1, -0.05) is 35.0 Å². The van der Waals surface area contributed by atoms with Gasteiger partial charge in [0, 0.05) is 26.1 Å². The van der Waals surface area contributed by atoms with Gasteiger partial charge in [-0.15, -0.1) is 0 Å². The maximum Gasteiger partial charge on any atom is 0.258 e. The first-order valence-corrected chi connectivity index (χ1v) is 7.94. The number of nitrogens with zero attached hydrogens (tertiary/aromatic N) is 2. The molecule has 122 valence electrons. The maximum atomic E-state index is 12.5. The van der Waals surface area contributed by atoms with Crippen LogP contribution in [0.15, 0.2) is 41.2 Å². The second-order valence-electron chi connectivity index (χ2n) is 6.18. The van der Waals surface area contributed by atoms with Crippen molar-refractivity contribution in [2.75, 3.05) is 20.2 Å². The number of carbonyl (C=O) groups is 1. The molecule has 1 amide bonds. The molecular formula is C18H22N2O3. The minimum Gasteiger partial charge on any atom is -0.381 e. The average Bonchev–Trinajstić information content (AvgIpc) is 3.08. The molecule has 2 heterocycles. The van der Waals surface area contributed by atoms with Crippen molar-refractivity contribution in [2.45, 2.75) is 25.9 Å². The van der Waals surface area contributed by atoms with Crippen LogP contribution in [0.25, 0.3) is 0 Å². The van der Waals surface area contributed by atoms with E-state index in [9.17, 15) is 4.79 Å². The molecule has 0 N–H and O–H groups in total. The molecule has 23 heavy (non-hydrogen) atoms. The van der Waals surface area contributed by atoms with E-state index in [-0.39, 0.29) is 12.0 Å². The van der Waals surface area contributed by atoms with Crippen molar-refractivity contribution in [3.05, 3.63) is 53.4 Å². The molecule has 2 atom stereocenters. The Kier molecular flexibility index (Phi) is 4.76. The van der Waals surface area contributed by atoms with Gasteiger partial charge in [0.05, 0.1) is 17.9 Å². The summed E-state index contributed by atoms with van der Waals surface area (Å²) in [6.07, 6.45) is 4.82. The summed E-state index contributed by atoms with van der Waals surface area (Å²) in [5.41, 5.74) is 3.05. The molecule has 1 aromatic heterocycles. The smallest absolute Gasteiger partial charge is 0.258 e. The first kappa shape index (κ1) is 15.7. The lowest BCUT2D eigenvalue weighted by Gasteiger charge is -2.37. The zero-order chi connectivity index (χ0) is 16.2. The molecular weight excluding hydrogens is 292 g/mol. The summed E-state index contributed by atoms with van der Waals surface area (Å²) in [5.74, 6) is 0.273. The molecule has 1 aliphatic heterocycles. The lowest BCUT2D eigenvalue weighted by atomic mass is 9.88. The molecule has 3 rings (SSSR count). The maximum absolute atomic E-state index is 12.5. The van der Waals surface area contributed by atoms with Gasteiger partial charge >= 0.3 is 0 Å². The van der Waals surface area contributed by atoms with Crippen molar-refractivity contribution in [2.24, 2.45) is 5.92 Å². The minimum absolute atomic E-state index is 0.0185. The van der Waals surface area contributed by atoms with Crippen LogP contribution in [0.5, 0.6) is 0 Å². The van der Waals surface area contributed by atoms with Gasteiger partial charge < -0.3 is 14.2 Å². The molecule has 0 saturated carbocycles. The highest BCUT2D eigenvalue weighted by molar-refractivity contribution is 5.93. The van der Waals surface area contributed by atoms with Gasteiger partial charge in [-0.2, -0.15) is 0 Å². The van der Waals surface area contributed by atoms with Crippen molar-refractivity contribution in [1.29, 1.82) is 0 Å². The molecule has 0 unspecified atom stereocenters. The normalized spacial score (nSPS) is 21.4. The SMILES string of the molecule is CO[C@@H]1CCN(C(=O)c2cnoc2)C[C@@H]1Cc1cccc(C)c1. The molecule has 5 heteroatoms. The van der Waals surface area contributed by atoms with Crippen LogP contribution in [0.4, 0.5) is 0 Å². The van der Waals surface area contributed by atoms with Crippen LogP contribution >= 0.6 is 0 Å². The molecule has 1 fully saturated rings. The van der Waals surface area contributed by atoms with Crippen LogP contribution in [-0.4, -0.2) is 42.3 Å². The third-order valence-corrected chi connectivity index (χ3v) is 4.51. The number of rotatable bonds is 4. The molecule has 0 bridgehead atoms. The molecule has 1 saturated heterocycles. The number of benzene rings is 1. The van der Waals surface area contributed by atoms with Gasteiger partial charge in [0.25, 0.3) is 5.91 Å². The molecule has 0 radical (unpaired) electrons. The highest BCUT2D eigenvalue weighted by Crippen LogP contribution is 2.25. The number of aromatic nitrogens is 1. The standard InChI is InChI=1S/C18H22N2O3/c1-13-4-3-5-14(8-13)9-15-11-20(7-6-17(15)22-2)18(21)16-10-19-23-12-16/h3-5,8,10,12,15,17H,6-7,9,11H2,1-2H3/t15-,17+/m0/s1. The van der Waals surface area contributed by atoms with Crippen LogP contribution in [0.1, 0.15) is 27.9 Å². The minimum atomic E-state index is -0.0185. The number of amides is 1. The Bertz CT molecular complexity index is 654. The Morgan fingerprint density at radius 2 is 2.35 bits per heavy atom. The highest BCUT2D eigenvalue weighted by Gasteiger charge is 2.32. The Morgan fingerprint density at radius 1 is 1.48 bits per heavy atom. The quantitative estimate of drug-likeness (QED) is 0.870. The Hall–Kier alpha value is -2.14. The summed E-state index contributed by atoms with van der Waals surface area (Å²) in [4.78, 5) is 14.4. The average molecular weight is 314 g/mol. The van der Waals surface area contributed by atoms with Gasteiger partial charge in [-0.05, 0) is 25.3 Å². The predicted octanol–water partition coefficient (Wildman–Crippen LogP) is 2.70. The number of hydrogen-bond acceptors (Lipinski definition) is 4. The topological polar surface area (TPSA) is 55.6 Å². The molecule has 0 spiro atoms. The number of likely N-dealkylation sites (tertiary alicyclic amines) is 1. The summed E-state index contributed by atoms with van der Waals surface area (Å²) < 4.78 is 10.4. The zero-order valence-electron chi connectivity index (χ0n) is 13.6. The van der Waals surface area contributed by atoms with E-state index >= 15 is 0 Å². The number of methoxy groups -OCH3 is 1.